The van der Waals surface area contributed by atoms with Crippen molar-refractivity contribution in [3.63, 3.8) is 0 Å². The zero-order valence-corrected chi connectivity index (χ0v) is 17.2. The van der Waals surface area contributed by atoms with Gasteiger partial charge in [-0.25, -0.2) is 8.78 Å². The molecule has 2 aromatic rings. The molecule has 1 aliphatic carbocycles. The lowest BCUT2D eigenvalue weighted by Gasteiger charge is -2.19. The number of Topliss-reactive ketones (excluding diaryl/α,β-unsaturated/α-hetero) is 1. The van der Waals surface area contributed by atoms with Gasteiger partial charge in [-0.15, -0.1) is 11.3 Å². The summed E-state index contributed by atoms with van der Waals surface area (Å²) in [5.41, 5.74) is 0. The maximum absolute atomic E-state index is 14.4. The summed E-state index contributed by atoms with van der Waals surface area (Å²) < 4.78 is 29.8. The molecule has 160 valence electrons. The molecule has 1 aromatic carbocycles. The van der Waals surface area contributed by atoms with Gasteiger partial charge < -0.3 is 10.2 Å². The van der Waals surface area contributed by atoms with Crippen LogP contribution in [-0.4, -0.2) is 27.9 Å². The zero-order valence-electron chi connectivity index (χ0n) is 16.3. The van der Waals surface area contributed by atoms with Crippen LogP contribution in [0, 0.1) is 11.8 Å². The number of hydrogen-bond acceptors (Lipinski definition) is 4. The van der Waals surface area contributed by atoms with Gasteiger partial charge in [-0.3, -0.25) is 9.59 Å². The number of carbonyl (C=O) groups is 2. The van der Waals surface area contributed by atoms with Crippen LogP contribution in [0.25, 0.3) is 10.1 Å². The van der Waals surface area contributed by atoms with Crippen molar-refractivity contribution in [2.24, 2.45) is 11.8 Å². The second kappa shape index (κ2) is 9.62. The van der Waals surface area contributed by atoms with Gasteiger partial charge in [0.1, 0.15) is 11.9 Å². The highest BCUT2D eigenvalue weighted by atomic mass is 32.1. The number of ketones is 1. The Bertz CT molecular complexity index is 930. The number of carbonyl (C=O) groups excluding carboxylic acids is 1. The Morgan fingerprint density at radius 1 is 1.30 bits per heavy atom. The number of allylic oxidation sites excluding steroid dienone is 3. The molecule has 0 spiro atoms. The molecule has 3 atom stereocenters. The predicted molar refractivity (Wildman–Crippen MR) is 113 cm³/mol. The van der Waals surface area contributed by atoms with Crippen molar-refractivity contribution < 1.29 is 28.6 Å². The predicted octanol–water partition coefficient (Wildman–Crippen LogP) is 5.53. The number of halogens is 2. The minimum Gasteiger partial charge on any atom is -0.481 e. The molecule has 4 nitrogen and oxygen atoms in total. The van der Waals surface area contributed by atoms with Crippen LogP contribution in [0.3, 0.4) is 0 Å². The number of aliphatic hydroxyl groups excluding tert-OH is 1. The molecule has 30 heavy (non-hydrogen) atoms. The van der Waals surface area contributed by atoms with Crippen LogP contribution in [-0.2, 0) is 9.59 Å². The van der Waals surface area contributed by atoms with Crippen molar-refractivity contribution >= 4 is 33.2 Å². The quantitative estimate of drug-likeness (QED) is 0.402. The summed E-state index contributed by atoms with van der Waals surface area (Å²) in [7, 11) is 0. The molecule has 3 rings (SSSR count). The third-order valence-corrected chi connectivity index (χ3v) is 6.49. The molecule has 1 heterocycles. The molecule has 0 saturated heterocycles. The van der Waals surface area contributed by atoms with Gasteiger partial charge in [0.2, 0.25) is 0 Å². The molecule has 0 aliphatic heterocycles. The molecule has 7 heteroatoms. The largest absolute Gasteiger partial charge is 0.481 e. The van der Waals surface area contributed by atoms with Gasteiger partial charge in [-0.05, 0) is 36.8 Å². The molecule has 1 aromatic heterocycles. The third kappa shape index (κ3) is 5.40. The fourth-order valence-electron chi connectivity index (χ4n) is 3.73. The van der Waals surface area contributed by atoms with E-state index in [9.17, 15) is 23.5 Å². The van der Waals surface area contributed by atoms with Gasteiger partial charge in [0, 0.05) is 21.9 Å². The van der Waals surface area contributed by atoms with E-state index < -0.39 is 42.0 Å². The monoisotopic (exact) mass is 434 g/mol. The minimum atomic E-state index is -3.14. The zero-order chi connectivity index (χ0) is 21.7. The van der Waals surface area contributed by atoms with Gasteiger partial charge in [0.05, 0.1) is 12.3 Å². The van der Waals surface area contributed by atoms with Crippen LogP contribution in [0.2, 0.25) is 0 Å². The fraction of sp³-hybridized carbons (Fsp3) is 0.391. The van der Waals surface area contributed by atoms with Crippen molar-refractivity contribution in [3.8, 4) is 0 Å². The number of benzene rings is 1. The topological polar surface area (TPSA) is 74.6 Å². The highest BCUT2D eigenvalue weighted by Gasteiger charge is 2.53. The summed E-state index contributed by atoms with van der Waals surface area (Å²) in [6, 6.07) is 9.49. The van der Waals surface area contributed by atoms with Crippen LogP contribution >= 0.6 is 11.3 Å². The summed E-state index contributed by atoms with van der Waals surface area (Å²) in [5, 5.41) is 20.1. The first-order valence-corrected chi connectivity index (χ1v) is 10.7. The van der Waals surface area contributed by atoms with E-state index in [1.165, 1.54) is 23.5 Å². The summed E-state index contributed by atoms with van der Waals surface area (Å²) in [6.07, 6.45) is 5.45. The minimum absolute atomic E-state index is 0.0474. The van der Waals surface area contributed by atoms with Crippen LogP contribution in [0.1, 0.15) is 43.1 Å². The van der Waals surface area contributed by atoms with Crippen molar-refractivity contribution in [2.75, 3.05) is 0 Å². The van der Waals surface area contributed by atoms with Crippen molar-refractivity contribution in [1.82, 2.24) is 0 Å². The van der Waals surface area contributed by atoms with Crippen LogP contribution < -0.4 is 0 Å². The summed E-state index contributed by atoms with van der Waals surface area (Å²) in [6.45, 7) is 0. The first-order chi connectivity index (χ1) is 14.3. The molecule has 0 amide bonds. The van der Waals surface area contributed by atoms with E-state index >= 15 is 0 Å². The Hall–Kier alpha value is -2.38. The van der Waals surface area contributed by atoms with E-state index in [4.69, 9.17) is 5.11 Å². The van der Waals surface area contributed by atoms with Crippen LogP contribution in [0.5, 0.6) is 0 Å². The van der Waals surface area contributed by atoms with Crippen molar-refractivity contribution in [1.29, 1.82) is 0 Å². The van der Waals surface area contributed by atoms with Gasteiger partial charge in [-0.2, -0.15) is 0 Å². The lowest BCUT2D eigenvalue weighted by atomic mass is 9.90. The Morgan fingerprint density at radius 3 is 2.80 bits per heavy atom. The average Bonchev–Trinajstić information content (AvgIpc) is 3.20. The number of aliphatic carboxylic acids is 1. The SMILES string of the molecule is O=C(O)CCC/C=C\C[C@H]1C(=O)CC(F)(F)[C@@H]1/C=C/[C@@H](O)c1cc2ccccc2s1. The van der Waals surface area contributed by atoms with Gasteiger partial charge >= 0.3 is 5.97 Å². The molecule has 0 bridgehead atoms. The molecular weight excluding hydrogens is 410 g/mol. The van der Waals surface area contributed by atoms with E-state index in [0.29, 0.717) is 17.7 Å². The number of fused-ring (bicyclic) bond motifs is 1. The van der Waals surface area contributed by atoms with Gasteiger partial charge in [0.15, 0.2) is 0 Å². The Labute approximate surface area is 177 Å². The average molecular weight is 435 g/mol. The normalized spacial score (nSPS) is 22.4. The second-order valence-electron chi connectivity index (χ2n) is 7.55. The molecular formula is C23H24F2O4S. The smallest absolute Gasteiger partial charge is 0.303 e. The standard InChI is InChI=1S/C23H24F2O4S/c24-23(25)14-19(27)16(8-3-1-2-4-10-22(28)29)17(23)11-12-18(26)21-13-15-7-5-6-9-20(15)30-21/h1,3,5-7,9,11-13,16-18,26H,2,4,8,10,14H2,(H,28,29)/b3-1-,12-11+/t16-,17-,18-/m1/s1. The highest BCUT2D eigenvalue weighted by molar-refractivity contribution is 7.19. The summed E-state index contributed by atoms with van der Waals surface area (Å²) >= 11 is 1.40. The third-order valence-electron chi connectivity index (χ3n) is 5.30. The van der Waals surface area contributed by atoms with E-state index in [0.717, 1.165) is 10.1 Å². The number of hydrogen-bond donors (Lipinski definition) is 2. The summed E-state index contributed by atoms with van der Waals surface area (Å²) in [5.74, 6) is -6.62. The number of carboxylic acids is 1. The number of thiophene rings is 1. The maximum Gasteiger partial charge on any atom is 0.303 e. The Morgan fingerprint density at radius 2 is 2.07 bits per heavy atom. The van der Waals surface area contributed by atoms with Crippen molar-refractivity contribution in [3.05, 3.63) is 59.5 Å². The molecule has 1 saturated carbocycles. The number of aliphatic hydroxyl groups is 1. The van der Waals surface area contributed by atoms with E-state index in [1.807, 2.05) is 30.3 Å². The molecule has 1 aliphatic rings. The Balaban J connectivity index is 1.66. The first kappa shape index (κ1) is 22.3. The summed E-state index contributed by atoms with van der Waals surface area (Å²) in [4.78, 5) is 23.3. The van der Waals surface area contributed by atoms with E-state index in [2.05, 4.69) is 0 Å². The molecule has 0 unspecified atom stereocenters. The number of unbranched alkanes of at least 4 members (excludes halogenated alkanes) is 1. The van der Waals surface area contributed by atoms with Gasteiger partial charge in [0.25, 0.3) is 5.92 Å². The first-order valence-electron chi connectivity index (χ1n) is 9.90. The van der Waals surface area contributed by atoms with Gasteiger partial charge in [-0.1, -0.05) is 42.5 Å². The van der Waals surface area contributed by atoms with Crippen molar-refractivity contribution in [2.45, 2.75) is 44.1 Å². The second-order valence-corrected chi connectivity index (χ2v) is 8.66. The molecule has 2 N–H and O–H groups in total. The molecule has 1 fully saturated rings. The number of carboxylic acid groups (broad SMARTS) is 1. The van der Waals surface area contributed by atoms with E-state index in [1.54, 1.807) is 12.2 Å². The van der Waals surface area contributed by atoms with Crippen LogP contribution in [0.15, 0.2) is 54.6 Å². The lowest BCUT2D eigenvalue weighted by Crippen LogP contribution is -2.24. The molecule has 0 radical (unpaired) electrons. The fourth-order valence-corrected chi connectivity index (χ4v) is 4.76. The maximum atomic E-state index is 14.4. The number of rotatable bonds is 9. The van der Waals surface area contributed by atoms with Crippen LogP contribution in [0.4, 0.5) is 8.78 Å². The number of alkyl halides is 2. The highest BCUT2D eigenvalue weighted by Crippen LogP contribution is 2.45. The Kier molecular flexibility index (Phi) is 7.15. The lowest BCUT2D eigenvalue weighted by molar-refractivity contribution is -0.137. The van der Waals surface area contributed by atoms with E-state index in [-0.39, 0.29) is 12.8 Å².